The number of benzene rings is 2. The summed E-state index contributed by atoms with van der Waals surface area (Å²) in [7, 11) is 5.09. The zero-order valence-electron chi connectivity index (χ0n) is 9.40. The standard InChI is InChI=1S/C13H7BF4/c1-6-2-8(15)12(9(16)3-6)7-4-10(17)13(14)11(18)5-7/h2-5H,1H3. The lowest BCUT2D eigenvalue weighted by Crippen LogP contribution is -2.14. The van der Waals surface area contributed by atoms with Crippen LogP contribution < -0.4 is 5.46 Å². The van der Waals surface area contributed by atoms with E-state index in [1.165, 1.54) is 6.92 Å². The van der Waals surface area contributed by atoms with E-state index in [0.29, 0.717) is 5.56 Å². The zero-order chi connectivity index (χ0) is 13.4. The lowest BCUT2D eigenvalue weighted by atomic mass is 9.91. The van der Waals surface area contributed by atoms with Gasteiger partial charge in [0, 0.05) is 0 Å². The molecule has 0 unspecified atom stereocenters. The quantitative estimate of drug-likeness (QED) is 0.539. The van der Waals surface area contributed by atoms with Crippen LogP contribution in [-0.4, -0.2) is 7.85 Å². The third-order valence-corrected chi connectivity index (χ3v) is 2.55. The summed E-state index contributed by atoms with van der Waals surface area (Å²) in [5, 5.41) is 0. The fraction of sp³-hybridized carbons (Fsp3) is 0.0769. The molecule has 18 heavy (non-hydrogen) atoms. The highest BCUT2D eigenvalue weighted by molar-refractivity contribution is 6.32. The maximum Gasteiger partial charge on any atom is 0.134 e. The van der Waals surface area contributed by atoms with Crippen molar-refractivity contribution in [2.45, 2.75) is 6.92 Å². The lowest BCUT2D eigenvalue weighted by Gasteiger charge is -2.08. The highest BCUT2D eigenvalue weighted by atomic mass is 19.1. The van der Waals surface area contributed by atoms with Crippen LogP contribution in [0.4, 0.5) is 17.6 Å². The summed E-state index contributed by atoms with van der Waals surface area (Å²) in [5.41, 5.74) is -0.996. The van der Waals surface area contributed by atoms with Gasteiger partial charge in [-0.05, 0) is 47.8 Å². The first kappa shape index (κ1) is 12.7. The van der Waals surface area contributed by atoms with Gasteiger partial charge in [0.1, 0.15) is 31.1 Å². The molecule has 0 N–H and O–H groups in total. The molecular weight excluding hydrogens is 243 g/mol. The zero-order valence-corrected chi connectivity index (χ0v) is 9.40. The summed E-state index contributed by atoms with van der Waals surface area (Å²) in [4.78, 5) is 0. The van der Waals surface area contributed by atoms with Crippen molar-refractivity contribution in [1.29, 1.82) is 0 Å². The molecule has 0 amide bonds. The van der Waals surface area contributed by atoms with Crippen LogP contribution in [-0.2, 0) is 0 Å². The molecule has 2 radical (unpaired) electrons. The van der Waals surface area contributed by atoms with E-state index in [0.717, 1.165) is 24.3 Å². The Morgan fingerprint density at radius 1 is 0.778 bits per heavy atom. The second kappa shape index (κ2) is 4.48. The molecule has 0 fully saturated rings. The highest BCUT2D eigenvalue weighted by Crippen LogP contribution is 2.27. The first-order valence-electron chi connectivity index (χ1n) is 5.10. The summed E-state index contributed by atoms with van der Waals surface area (Å²) in [6.07, 6.45) is 0. The molecule has 0 aliphatic rings. The molecule has 0 aliphatic heterocycles. The maximum absolute atomic E-state index is 13.6. The minimum Gasteiger partial charge on any atom is -0.208 e. The van der Waals surface area contributed by atoms with E-state index < -0.39 is 34.3 Å². The molecule has 0 atom stereocenters. The second-order valence-corrected chi connectivity index (χ2v) is 3.96. The van der Waals surface area contributed by atoms with Gasteiger partial charge in [-0.2, -0.15) is 0 Å². The van der Waals surface area contributed by atoms with Crippen LogP contribution in [0, 0.1) is 30.2 Å². The van der Waals surface area contributed by atoms with Crippen LogP contribution in [0.1, 0.15) is 5.56 Å². The topological polar surface area (TPSA) is 0 Å². The number of halogens is 4. The molecule has 0 saturated heterocycles. The van der Waals surface area contributed by atoms with E-state index in [2.05, 4.69) is 0 Å². The Hall–Kier alpha value is -1.78. The van der Waals surface area contributed by atoms with Gasteiger partial charge in [-0.1, -0.05) is 0 Å². The van der Waals surface area contributed by atoms with Gasteiger partial charge in [-0.15, -0.1) is 0 Å². The fourth-order valence-corrected chi connectivity index (χ4v) is 1.70. The van der Waals surface area contributed by atoms with Gasteiger partial charge < -0.3 is 0 Å². The van der Waals surface area contributed by atoms with E-state index >= 15 is 0 Å². The van der Waals surface area contributed by atoms with Gasteiger partial charge in [0.15, 0.2) is 0 Å². The first-order chi connectivity index (χ1) is 8.40. The number of aryl methyl sites for hydroxylation is 1. The Balaban J connectivity index is 2.70. The van der Waals surface area contributed by atoms with Gasteiger partial charge in [-0.3, -0.25) is 0 Å². The highest BCUT2D eigenvalue weighted by Gasteiger charge is 2.15. The average Bonchev–Trinajstić information content (AvgIpc) is 2.24. The van der Waals surface area contributed by atoms with Crippen molar-refractivity contribution in [3.63, 3.8) is 0 Å². The Morgan fingerprint density at radius 2 is 1.22 bits per heavy atom. The van der Waals surface area contributed by atoms with E-state index in [-0.39, 0.29) is 5.56 Å². The molecule has 0 bridgehead atoms. The van der Waals surface area contributed by atoms with Crippen molar-refractivity contribution >= 4 is 13.3 Å². The normalized spacial score (nSPS) is 10.7. The van der Waals surface area contributed by atoms with Gasteiger partial charge >= 0.3 is 0 Å². The molecule has 0 nitrogen and oxygen atoms in total. The SMILES string of the molecule is [B]c1c(F)cc(-c2c(F)cc(C)cc2F)cc1F. The fourth-order valence-electron chi connectivity index (χ4n) is 1.70. The molecule has 0 spiro atoms. The Morgan fingerprint density at radius 3 is 1.67 bits per heavy atom. The molecule has 2 rings (SSSR count). The van der Waals surface area contributed by atoms with Crippen molar-refractivity contribution in [2.24, 2.45) is 0 Å². The molecule has 0 aromatic heterocycles. The first-order valence-corrected chi connectivity index (χ1v) is 5.10. The van der Waals surface area contributed by atoms with Crippen molar-refractivity contribution in [1.82, 2.24) is 0 Å². The van der Waals surface area contributed by atoms with Crippen LogP contribution in [0.3, 0.4) is 0 Å². The second-order valence-electron chi connectivity index (χ2n) is 3.96. The van der Waals surface area contributed by atoms with Crippen LogP contribution >= 0.6 is 0 Å². The molecule has 0 aliphatic carbocycles. The minimum absolute atomic E-state index is 0.228. The lowest BCUT2D eigenvalue weighted by molar-refractivity contribution is 0.583. The summed E-state index contributed by atoms with van der Waals surface area (Å²) in [6, 6.07) is 3.78. The molecule has 2 aromatic rings. The molecule has 0 heterocycles. The minimum atomic E-state index is -1.05. The van der Waals surface area contributed by atoms with Crippen LogP contribution in [0.2, 0.25) is 0 Å². The summed E-state index contributed by atoms with van der Waals surface area (Å²) >= 11 is 0. The van der Waals surface area contributed by atoms with Gasteiger partial charge in [-0.25, -0.2) is 17.6 Å². The smallest absolute Gasteiger partial charge is 0.134 e. The third kappa shape index (κ3) is 2.12. The third-order valence-electron chi connectivity index (χ3n) is 2.55. The Kier molecular flexibility index (Phi) is 3.15. The largest absolute Gasteiger partial charge is 0.208 e. The summed E-state index contributed by atoms with van der Waals surface area (Å²) in [6.45, 7) is 1.51. The van der Waals surface area contributed by atoms with Crippen molar-refractivity contribution in [3.05, 3.63) is 53.1 Å². The molecular formula is C13H7BF4. The van der Waals surface area contributed by atoms with E-state index in [9.17, 15) is 17.6 Å². The Bertz CT molecular complexity index is 576. The number of hydrogen-bond acceptors (Lipinski definition) is 0. The van der Waals surface area contributed by atoms with E-state index in [4.69, 9.17) is 7.85 Å². The van der Waals surface area contributed by atoms with Crippen molar-refractivity contribution < 1.29 is 17.6 Å². The average molecular weight is 250 g/mol. The Labute approximate surface area is 103 Å². The monoisotopic (exact) mass is 250 g/mol. The molecule has 5 heteroatoms. The number of rotatable bonds is 1. The van der Waals surface area contributed by atoms with Gasteiger partial charge in [0.05, 0.1) is 5.56 Å². The molecule has 90 valence electrons. The van der Waals surface area contributed by atoms with Crippen LogP contribution in [0.5, 0.6) is 0 Å². The summed E-state index contributed by atoms with van der Waals surface area (Å²) in [5.74, 6) is -3.86. The molecule has 2 aromatic carbocycles. The summed E-state index contributed by atoms with van der Waals surface area (Å²) < 4.78 is 53.8. The van der Waals surface area contributed by atoms with E-state index in [1.54, 1.807) is 0 Å². The predicted molar refractivity (Wildman–Crippen MR) is 61.8 cm³/mol. The van der Waals surface area contributed by atoms with E-state index in [1.807, 2.05) is 0 Å². The van der Waals surface area contributed by atoms with Crippen LogP contribution in [0.15, 0.2) is 24.3 Å². The van der Waals surface area contributed by atoms with Crippen molar-refractivity contribution in [2.75, 3.05) is 0 Å². The maximum atomic E-state index is 13.6. The number of hydrogen-bond donors (Lipinski definition) is 0. The molecule has 0 saturated carbocycles. The van der Waals surface area contributed by atoms with Crippen molar-refractivity contribution in [3.8, 4) is 11.1 Å². The van der Waals surface area contributed by atoms with Crippen LogP contribution in [0.25, 0.3) is 11.1 Å². The van der Waals surface area contributed by atoms with Gasteiger partial charge in [0.2, 0.25) is 0 Å². The predicted octanol–water partition coefficient (Wildman–Crippen LogP) is 3.01. The van der Waals surface area contributed by atoms with Gasteiger partial charge in [0.25, 0.3) is 0 Å².